The zero-order chi connectivity index (χ0) is 13.0. The average Bonchev–Trinajstić information content (AvgIpc) is 2.36. The number of nitrogen functional groups attached to an aromatic ring is 1. The van der Waals surface area contributed by atoms with E-state index >= 15 is 0 Å². The molecule has 0 saturated carbocycles. The van der Waals surface area contributed by atoms with Crippen molar-refractivity contribution >= 4 is 21.9 Å². The van der Waals surface area contributed by atoms with Crippen molar-refractivity contribution in [2.24, 2.45) is 0 Å². The third-order valence-corrected chi connectivity index (χ3v) is 3.15. The van der Waals surface area contributed by atoms with Crippen molar-refractivity contribution in [3.63, 3.8) is 0 Å². The molecule has 0 amide bonds. The van der Waals surface area contributed by atoms with Crippen LogP contribution in [-0.4, -0.2) is 9.97 Å². The van der Waals surface area contributed by atoms with Crippen molar-refractivity contribution in [2.75, 3.05) is 5.73 Å². The standard InChI is InChI=1S/C13H14BrN3O/c1-2-6-10-11(14)12(17-13(15)16-10)18-9-7-4-3-5-8-9/h3-5,7-8H,2,6H2,1H3,(H2,15,16,17). The lowest BCUT2D eigenvalue weighted by Crippen LogP contribution is -2.03. The Labute approximate surface area is 114 Å². The van der Waals surface area contributed by atoms with Crippen LogP contribution < -0.4 is 10.5 Å². The molecule has 0 atom stereocenters. The molecule has 0 spiro atoms. The largest absolute Gasteiger partial charge is 0.438 e. The number of para-hydroxylation sites is 1. The second-order valence-electron chi connectivity index (χ2n) is 3.81. The normalized spacial score (nSPS) is 10.3. The molecule has 94 valence electrons. The van der Waals surface area contributed by atoms with Crippen molar-refractivity contribution in [3.8, 4) is 11.6 Å². The molecule has 1 heterocycles. The van der Waals surface area contributed by atoms with Crippen LogP contribution in [0.5, 0.6) is 11.6 Å². The number of hydrogen-bond acceptors (Lipinski definition) is 4. The Morgan fingerprint density at radius 3 is 2.61 bits per heavy atom. The smallest absolute Gasteiger partial charge is 0.238 e. The fourth-order valence-corrected chi connectivity index (χ4v) is 2.02. The second kappa shape index (κ2) is 5.82. The molecule has 0 fully saturated rings. The van der Waals surface area contributed by atoms with Crippen molar-refractivity contribution in [1.82, 2.24) is 9.97 Å². The van der Waals surface area contributed by atoms with Crippen molar-refractivity contribution in [2.45, 2.75) is 19.8 Å². The first-order chi connectivity index (χ1) is 8.70. The molecule has 1 aromatic heterocycles. The Balaban J connectivity index is 2.33. The van der Waals surface area contributed by atoms with E-state index < -0.39 is 0 Å². The van der Waals surface area contributed by atoms with Crippen LogP contribution in [0.3, 0.4) is 0 Å². The lowest BCUT2D eigenvalue weighted by molar-refractivity contribution is 0.457. The van der Waals surface area contributed by atoms with E-state index in [1.54, 1.807) is 0 Å². The maximum Gasteiger partial charge on any atom is 0.238 e. The van der Waals surface area contributed by atoms with Crippen LogP contribution in [0.2, 0.25) is 0 Å². The first-order valence-corrected chi connectivity index (χ1v) is 6.54. The lowest BCUT2D eigenvalue weighted by atomic mass is 10.2. The highest BCUT2D eigenvalue weighted by Gasteiger charge is 2.12. The molecule has 18 heavy (non-hydrogen) atoms. The quantitative estimate of drug-likeness (QED) is 0.938. The van der Waals surface area contributed by atoms with Crippen LogP contribution in [0, 0.1) is 0 Å². The molecule has 2 rings (SSSR count). The molecule has 0 radical (unpaired) electrons. The zero-order valence-corrected chi connectivity index (χ0v) is 11.6. The number of hydrogen-bond donors (Lipinski definition) is 1. The van der Waals surface area contributed by atoms with E-state index in [9.17, 15) is 0 Å². The van der Waals surface area contributed by atoms with E-state index in [0.717, 1.165) is 28.8 Å². The number of nitrogens with two attached hydrogens (primary N) is 1. The van der Waals surface area contributed by atoms with E-state index in [-0.39, 0.29) is 5.95 Å². The van der Waals surface area contributed by atoms with E-state index in [2.05, 4.69) is 32.8 Å². The predicted molar refractivity (Wildman–Crippen MR) is 74.7 cm³/mol. The van der Waals surface area contributed by atoms with Crippen LogP contribution >= 0.6 is 15.9 Å². The third kappa shape index (κ3) is 2.98. The summed E-state index contributed by atoms with van der Waals surface area (Å²) < 4.78 is 6.47. The fourth-order valence-electron chi connectivity index (χ4n) is 1.56. The number of aryl methyl sites for hydroxylation is 1. The highest BCUT2D eigenvalue weighted by atomic mass is 79.9. The van der Waals surface area contributed by atoms with Gasteiger partial charge in [0.15, 0.2) is 0 Å². The van der Waals surface area contributed by atoms with E-state index in [1.165, 1.54) is 0 Å². The molecule has 2 aromatic rings. The van der Waals surface area contributed by atoms with Gasteiger partial charge in [-0.25, -0.2) is 4.98 Å². The van der Waals surface area contributed by atoms with Gasteiger partial charge in [0.25, 0.3) is 0 Å². The lowest BCUT2D eigenvalue weighted by Gasteiger charge is -2.10. The predicted octanol–water partition coefficient (Wildman–Crippen LogP) is 3.57. The van der Waals surface area contributed by atoms with Gasteiger partial charge in [0, 0.05) is 0 Å². The number of benzene rings is 1. The molecule has 4 nitrogen and oxygen atoms in total. The van der Waals surface area contributed by atoms with E-state index in [1.807, 2.05) is 30.3 Å². The summed E-state index contributed by atoms with van der Waals surface area (Å²) in [6.45, 7) is 2.09. The molecular weight excluding hydrogens is 294 g/mol. The van der Waals surface area contributed by atoms with Gasteiger partial charge >= 0.3 is 0 Å². The van der Waals surface area contributed by atoms with Gasteiger partial charge < -0.3 is 10.5 Å². The summed E-state index contributed by atoms with van der Waals surface area (Å²) in [6.07, 6.45) is 1.82. The Kier molecular flexibility index (Phi) is 4.15. The van der Waals surface area contributed by atoms with E-state index in [4.69, 9.17) is 10.5 Å². The van der Waals surface area contributed by atoms with Gasteiger partial charge in [-0.05, 0) is 34.5 Å². The summed E-state index contributed by atoms with van der Waals surface area (Å²) in [5.41, 5.74) is 6.56. The Hall–Kier alpha value is -1.62. The monoisotopic (exact) mass is 307 g/mol. The van der Waals surface area contributed by atoms with Crippen LogP contribution in [0.15, 0.2) is 34.8 Å². The van der Waals surface area contributed by atoms with Gasteiger partial charge in [-0.3, -0.25) is 0 Å². The van der Waals surface area contributed by atoms with Crippen LogP contribution in [0.25, 0.3) is 0 Å². The van der Waals surface area contributed by atoms with Crippen molar-refractivity contribution in [1.29, 1.82) is 0 Å². The number of halogens is 1. The average molecular weight is 308 g/mol. The molecule has 5 heteroatoms. The summed E-state index contributed by atoms with van der Waals surface area (Å²) in [6, 6.07) is 9.47. The first kappa shape index (κ1) is 12.8. The summed E-state index contributed by atoms with van der Waals surface area (Å²) in [5.74, 6) is 1.41. The van der Waals surface area contributed by atoms with Gasteiger partial charge in [-0.2, -0.15) is 4.98 Å². The Bertz CT molecular complexity index is 531. The number of rotatable bonds is 4. The minimum atomic E-state index is 0.229. The van der Waals surface area contributed by atoms with Gasteiger partial charge in [0.05, 0.1) is 5.69 Å². The minimum absolute atomic E-state index is 0.229. The summed E-state index contributed by atoms with van der Waals surface area (Å²) in [5, 5.41) is 0. The van der Waals surface area contributed by atoms with Crippen LogP contribution in [0.1, 0.15) is 19.0 Å². The number of nitrogens with zero attached hydrogens (tertiary/aromatic N) is 2. The Morgan fingerprint density at radius 2 is 1.94 bits per heavy atom. The van der Waals surface area contributed by atoms with Gasteiger partial charge in [0.2, 0.25) is 11.8 Å². The molecule has 0 aliphatic carbocycles. The zero-order valence-electron chi connectivity index (χ0n) is 10.1. The molecule has 0 saturated heterocycles. The highest BCUT2D eigenvalue weighted by Crippen LogP contribution is 2.30. The maximum absolute atomic E-state index is 5.70. The number of ether oxygens (including phenoxy) is 1. The summed E-state index contributed by atoms with van der Waals surface area (Å²) in [7, 11) is 0. The number of anilines is 1. The number of aromatic nitrogens is 2. The SMILES string of the molecule is CCCc1nc(N)nc(Oc2ccccc2)c1Br. The molecule has 0 bridgehead atoms. The molecule has 0 aliphatic rings. The van der Waals surface area contributed by atoms with Crippen LogP contribution in [0.4, 0.5) is 5.95 Å². The fraction of sp³-hybridized carbons (Fsp3) is 0.231. The summed E-state index contributed by atoms with van der Waals surface area (Å²) in [4.78, 5) is 8.31. The second-order valence-corrected chi connectivity index (χ2v) is 4.61. The minimum Gasteiger partial charge on any atom is -0.438 e. The molecule has 0 unspecified atom stereocenters. The molecule has 1 aromatic carbocycles. The topological polar surface area (TPSA) is 61.0 Å². The van der Waals surface area contributed by atoms with Crippen LogP contribution in [-0.2, 0) is 6.42 Å². The highest BCUT2D eigenvalue weighted by molar-refractivity contribution is 9.10. The molecule has 2 N–H and O–H groups in total. The molecular formula is C13H14BrN3O. The molecule has 0 aliphatic heterocycles. The summed E-state index contributed by atoms with van der Waals surface area (Å²) >= 11 is 3.47. The maximum atomic E-state index is 5.70. The van der Waals surface area contributed by atoms with Gasteiger partial charge in [-0.15, -0.1) is 0 Å². The Morgan fingerprint density at radius 1 is 1.22 bits per heavy atom. The van der Waals surface area contributed by atoms with E-state index in [0.29, 0.717) is 5.88 Å². The van der Waals surface area contributed by atoms with Gasteiger partial charge in [0.1, 0.15) is 10.2 Å². The van der Waals surface area contributed by atoms with Crippen molar-refractivity contribution < 1.29 is 4.74 Å². The third-order valence-electron chi connectivity index (χ3n) is 2.35. The van der Waals surface area contributed by atoms with Crippen molar-refractivity contribution in [3.05, 3.63) is 40.5 Å². The first-order valence-electron chi connectivity index (χ1n) is 5.75. The van der Waals surface area contributed by atoms with Gasteiger partial charge in [-0.1, -0.05) is 31.5 Å².